The van der Waals surface area contributed by atoms with Gasteiger partial charge < -0.3 is 13.3 Å². The quantitative estimate of drug-likeness (QED) is 0.166. The predicted octanol–water partition coefficient (Wildman–Crippen LogP) is 18.9. The summed E-state index contributed by atoms with van der Waals surface area (Å²) in [5.74, 6) is 0. The third kappa shape index (κ3) is 5.41. The second-order valence-corrected chi connectivity index (χ2v) is 20.8. The number of para-hydroxylation sites is 3. The molecule has 4 heteroatoms. The van der Waals surface area contributed by atoms with E-state index in [0.29, 0.717) is 0 Å². The van der Waals surface area contributed by atoms with Crippen LogP contribution in [0.5, 0.6) is 0 Å². The maximum absolute atomic E-state index is 7.09. The summed E-state index contributed by atoms with van der Waals surface area (Å²) >= 11 is 0. The first-order valence-electron chi connectivity index (χ1n) is 24.7. The molecular weight excluding hydrogens is 1100 g/mol. The van der Waals surface area contributed by atoms with Crippen LogP contribution in [0.15, 0.2) is 195 Å². The zero-order chi connectivity index (χ0) is 47.1. The minimum Gasteiger partial charge on any atom is -0.456 e. The molecule has 0 radical (unpaired) electrons. The Kier molecular flexibility index (Phi) is 8.62. The van der Waals surface area contributed by atoms with Crippen LogP contribution in [0.25, 0.3) is 143 Å². The van der Waals surface area contributed by atoms with E-state index >= 15 is 0 Å². The molecule has 0 bridgehead atoms. The van der Waals surface area contributed by atoms with Gasteiger partial charge in [-0.3, -0.25) is 0 Å². The zero-order valence-electron chi connectivity index (χ0n) is 40.0. The summed E-state index contributed by atoms with van der Waals surface area (Å²) in [7, 11) is 0. The van der Waals surface area contributed by atoms with E-state index in [2.05, 4.69) is 198 Å². The van der Waals surface area contributed by atoms with Gasteiger partial charge in [-0.1, -0.05) is 154 Å². The molecule has 2 aliphatic rings. The van der Waals surface area contributed by atoms with Crippen molar-refractivity contribution in [1.82, 2.24) is 0 Å². The van der Waals surface area contributed by atoms with E-state index in [1.807, 2.05) is 24.3 Å². The summed E-state index contributed by atoms with van der Waals surface area (Å²) in [4.78, 5) is 0. The molecule has 14 aromatic rings. The topological polar surface area (TPSA) is 39.4 Å². The van der Waals surface area contributed by atoms with Crippen molar-refractivity contribution < 1.29 is 44.4 Å². The van der Waals surface area contributed by atoms with Gasteiger partial charge in [-0.2, -0.15) is 35.9 Å². The van der Waals surface area contributed by atoms with Crippen molar-refractivity contribution in [2.45, 2.75) is 38.5 Å². The molecule has 336 valence electrons. The van der Waals surface area contributed by atoms with Crippen molar-refractivity contribution in [3.05, 3.63) is 216 Å². The average molecular weight is 1150 g/mol. The molecule has 0 atom stereocenters. The van der Waals surface area contributed by atoms with E-state index in [1.165, 1.54) is 60.5 Å². The molecule has 0 saturated carbocycles. The van der Waals surface area contributed by atoms with Gasteiger partial charge in [0.15, 0.2) is 0 Å². The van der Waals surface area contributed by atoms with Crippen LogP contribution in [-0.2, 0) is 10.8 Å². The fourth-order valence-corrected chi connectivity index (χ4v) is 13.3. The summed E-state index contributed by atoms with van der Waals surface area (Å²) in [6, 6.07) is 73.2. The van der Waals surface area contributed by atoms with Crippen molar-refractivity contribution in [1.29, 1.82) is 0 Å². The fraction of sp³-hybridized carbons (Fsp3) is 0.0882. The molecule has 2 aliphatic carbocycles. The molecule has 3 heterocycles. The van der Waals surface area contributed by atoms with Crippen LogP contribution in [0, 0.1) is 43.2 Å². The van der Waals surface area contributed by atoms with Crippen LogP contribution in [0.2, 0.25) is 0 Å². The van der Waals surface area contributed by atoms with E-state index in [-0.39, 0.29) is 36.5 Å². The Hall–Kier alpha value is -7.61. The zero-order valence-corrected chi connectivity index (χ0v) is 44.2. The Labute approximate surface area is 439 Å². The Balaban J connectivity index is 0.00000462. The van der Waals surface area contributed by atoms with Gasteiger partial charge in [0.05, 0.1) is 0 Å². The van der Waals surface area contributed by atoms with Crippen molar-refractivity contribution in [3.8, 4) is 55.6 Å². The predicted molar refractivity (Wildman–Crippen MR) is 292 cm³/mol. The number of rotatable bonds is 3. The number of benzene rings is 11. The summed E-state index contributed by atoms with van der Waals surface area (Å²) < 4.78 is 20.4. The molecule has 0 fully saturated rings. The second-order valence-electron chi connectivity index (χ2n) is 20.8. The maximum atomic E-state index is 7.09. The van der Waals surface area contributed by atoms with Crippen LogP contribution in [0.3, 0.4) is 0 Å². The molecule has 0 N–H and O–H groups in total. The monoisotopic (exact) mass is 1140 g/mol. The molecule has 72 heavy (non-hydrogen) atoms. The van der Waals surface area contributed by atoms with Gasteiger partial charge in [-0.25, -0.2) is 5.56 Å². The first-order valence-corrected chi connectivity index (χ1v) is 24.7. The molecule has 16 rings (SSSR count). The smallest absolute Gasteiger partial charge is 0.456 e. The third-order valence-electron chi connectivity index (χ3n) is 16.4. The van der Waals surface area contributed by atoms with Gasteiger partial charge in [-0.05, 0) is 96.7 Å². The molecule has 11 aromatic carbocycles. The van der Waals surface area contributed by atoms with Gasteiger partial charge in [0.25, 0.3) is 0 Å². The van der Waals surface area contributed by atoms with E-state index in [0.717, 1.165) is 105 Å². The van der Waals surface area contributed by atoms with Gasteiger partial charge >= 0.3 is 31.1 Å². The SMILES string of the molecule is CC1(C)c2cc(-c3cc4oc5ccccc5c4c4ccccc34)c(-c3[c-]cccc3)[c-]c2-c2ccc3c(c21)C(C)(C)c1cc(-c2cc4oc5ccccc5c4c4ccccc24)c2oc4ccccc4c2c1-3.[U+2]. The summed E-state index contributed by atoms with van der Waals surface area (Å²) in [6.07, 6.45) is 0. The summed E-state index contributed by atoms with van der Waals surface area (Å²) in [6.45, 7) is 9.71. The summed E-state index contributed by atoms with van der Waals surface area (Å²) in [5.41, 5.74) is 21.2. The van der Waals surface area contributed by atoms with Crippen molar-refractivity contribution in [2.75, 3.05) is 0 Å². The van der Waals surface area contributed by atoms with Gasteiger partial charge in [-0.15, -0.1) is 28.8 Å². The first-order chi connectivity index (χ1) is 34.7. The molecular formula is C68H42O3U. The fourth-order valence-electron chi connectivity index (χ4n) is 13.3. The standard InChI is InChI=1S/C68H42O3.U/c1-67(2)53-33-48(49-35-58-60(40-22-10-8-20-38(40)49)43-24-12-15-27-55(43)69-58)47(37-18-6-5-7-19-37)32-51(53)42-30-31-46-62-54(68(3,4)65(46)64(42)67)34-52(66-63(62)45-26-14-17-29-57(45)71-66)50-36-59-61(41-23-11-9-21-39(41)50)44-25-13-16-28-56(44)70-59;/h5-18,20-31,33-36H,1-4H3;/q-2;+2. The number of hydrogen-bond acceptors (Lipinski definition) is 3. The van der Waals surface area contributed by atoms with Gasteiger partial charge in [0, 0.05) is 43.3 Å². The minimum atomic E-state index is -0.392. The van der Waals surface area contributed by atoms with E-state index in [4.69, 9.17) is 13.3 Å². The van der Waals surface area contributed by atoms with Crippen LogP contribution in [-0.4, -0.2) is 0 Å². The third-order valence-corrected chi connectivity index (χ3v) is 16.4. The minimum absolute atomic E-state index is 0. The number of furan rings is 3. The normalized spacial score (nSPS) is 14.2. The summed E-state index contributed by atoms with van der Waals surface area (Å²) in [5, 5.41) is 11.5. The van der Waals surface area contributed by atoms with Crippen molar-refractivity contribution in [3.63, 3.8) is 0 Å². The Morgan fingerprint density at radius 1 is 0.361 bits per heavy atom. The molecule has 0 spiro atoms. The van der Waals surface area contributed by atoms with Gasteiger partial charge in [0.1, 0.15) is 33.5 Å². The van der Waals surface area contributed by atoms with Crippen LogP contribution < -0.4 is 0 Å². The number of hydrogen-bond donors (Lipinski definition) is 0. The molecule has 0 saturated heterocycles. The molecule has 3 nitrogen and oxygen atoms in total. The molecule has 3 aromatic heterocycles. The van der Waals surface area contributed by atoms with Gasteiger partial charge in [0.2, 0.25) is 0 Å². The maximum Gasteiger partial charge on any atom is 2.00 e. The Morgan fingerprint density at radius 3 is 1.43 bits per heavy atom. The largest absolute Gasteiger partial charge is 2.00 e. The van der Waals surface area contributed by atoms with E-state index in [9.17, 15) is 0 Å². The number of fused-ring (bicyclic) bond motifs is 21. The van der Waals surface area contributed by atoms with E-state index < -0.39 is 5.41 Å². The Morgan fingerprint density at radius 2 is 0.833 bits per heavy atom. The van der Waals surface area contributed by atoms with Crippen LogP contribution in [0.1, 0.15) is 49.9 Å². The van der Waals surface area contributed by atoms with Crippen molar-refractivity contribution >= 4 is 87.4 Å². The first kappa shape index (κ1) is 42.1. The molecule has 0 aliphatic heterocycles. The van der Waals surface area contributed by atoms with E-state index in [1.54, 1.807) is 0 Å². The van der Waals surface area contributed by atoms with Crippen LogP contribution in [0.4, 0.5) is 0 Å². The second kappa shape index (κ2) is 14.7. The Bertz CT molecular complexity index is 4690. The van der Waals surface area contributed by atoms with Crippen molar-refractivity contribution in [2.24, 2.45) is 0 Å². The molecule has 0 amide bonds. The molecule has 0 unspecified atom stereocenters. The average Bonchev–Trinajstić information content (AvgIpc) is 4.19. The van der Waals surface area contributed by atoms with Crippen LogP contribution >= 0.6 is 0 Å².